The summed E-state index contributed by atoms with van der Waals surface area (Å²) in [6.07, 6.45) is 2.08. The summed E-state index contributed by atoms with van der Waals surface area (Å²) >= 11 is 1.39. The molecule has 2 aromatic rings. The molecule has 1 aliphatic rings. The van der Waals surface area contributed by atoms with E-state index in [4.69, 9.17) is 0 Å². The zero-order chi connectivity index (χ0) is 17.1. The first-order valence-corrected chi connectivity index (χ1v) is 8.82. The average molecular weight is 349 g/mol. The van der Waals surface area contributed by atoms with Crippen molar-refractivity contribution in [2.24, 2.45) is 0 Å². The quantitative estimate of drug-likeness (QED) is 0.902. The van der Waals surface area contributed by atoms with Crippen LogP contribution in [0.3, 0.4) is 0 Å². The van der Waals surface area contributed by atoms with Gasteiger partial charge in [-0.2, -0.15) is 0 Å². The first kappa shape index (κ1) is 17.0. The van der Waals surface area contributed by atoms with Gasteiger partial charge < -0.3 is 5.11 Å². The molecule has 1 saturated heterocycles. The van der Waals surface area contributed by atoms with Crippen molar-refractivity contribution in [1.82, 2.24) is 9.88 Å². The van der Waals surface area contributed by atoms with E-state index in [0.29, 0.717) is 17.4 Å². The summed E-state index contributed by atoms with van der Waals surface area (Å²) in [5.74, 6) is -0.511. The maximum atomic E-state index is 13.1. The predicted molar refractivity (Wildman–Crippen MR) is 91.9 cm³/mol. The van der Waals surface area contributed by atoms with E-state index in [1.807, 2.05) is 5.38 Å². The smallest absolute Gasteiger partial charge is 0.230 e. The normalized spacial score (nSPS) is 18.0. The van der Waals surface area contributed by atoms with Crippen molar-refractivity contribution in [3.8, 4) is 0 Å². The van der Waals surface area contributed by atoms with Crippen LogP contribution in [0.15, 0.2) is 29.6 Å². The van der Waals surface area contributed by atoms with Gasteiger partial charge in [0.2, 0.25) is 5.91 Å². The van der Waals surface area contributed by atoms with Gasteiger partial charge in [0.05, 0.1) is 18.0 Å². The number of nitrogens with zero attached hydrogens (tertiary/aromatic N) is 3. The van der Waals surface area contributed by atoms with Crippen molar-refractivity contribution in [2.75, 3.05) is 18.1 Å². The van der Waals surface area contributed by atoms with E-state index in [1.165, 1.54) is 35.3 Å². The van der Waals surface area contributed by atoms with Crippen molar-refractivity contribution < 1.29 is 14.3 Å². The molecule has 1 amide bonds. The largest absolute Gasteiger partial charge is 0.395 e. The number of thiazole rings is 1. The van der Waals surface area contributed by atoms with Crippen molar-refractivity contribution in [3.05, 3.63) is 41.2 Å². The van der Waals surface area contributed by atoms with Gasteiger partial charge in [0.1, 0.15) is 5.82 Å². The molecule has 1 atom stereocenters. The molecule has 3 rings (SSSR count). The Labute approximate surface area is 144 Å². The molecule has 7 heteroatoms. The highest BCUT2D eigenvalue weighted by Gasteiger charge is 2.25. The number of likely N-dealkylation sites (tertiary alicyclic amines) is 1. The number of halogens is 1. The molecule has 1 aliphatic heterocycles. The highest BCUT2D eigenvalue weighted by molar-refractivity contribution is 7.14. The zero-order valence-corrected chi connectivity index (χ0v) is 14.3. The minimum Gasteiger partial charge on any atom is -0.395 e. The number of aliphatic hydroxyl groups excluding tert-OH is 1. The van der Waals surface area contributed by atoms with E-state index in [9.17, 15) is 14.3 Å². The van der Waals surface area contributed by atoms with Crippen molar-refractivity contribution in [2.45, 2.75) is 32.4 Å². The number of rotatable bonds is 5. The summed E-state index contributed by atoms with van der Waals surface area (Å²) in [7, 11) is 0. The van der Waals surface area contributed by atoms with Crippen LogP contribution in [0.1, 0.15) is 25.5 Å². The van der Waals surface area contributed by atoms with Gasteiger partial charge in [0, 0.05) is 24.9 Å². The number of benzene rings is 1. The standard InChI is InChI=1S/C17H20FN3O2S/c1-12(23)21(15-6-4-13(18)5-7-15)17-19-14(11-24-17)9-20-8-2-3-16(20)10-22/h4-7,11,16,22H,2-3,8-10H2,1H3/t16-/m1/s1. The van der Waals surface area contributed by atoms with Crippen LogP contribution in [0.25, 0.3) is 0 Å². The first-order chi connectivity index (χ1) is 11.6. The van der Waals surface area contributed by atoms with Crippen molar-refractivity contribution in [3.63, 3.8) is 0 Å². The topological polar surface area (TPSA) is 56.7 Å². The van der Waals surface area contributed by atoms with Crippen LogP contribution in [0.4, 0.5) is 15.2 Å². The minimum absolute atomic E-state index is 0.159. The Balaban J connectivity index is 1.79. The monoisotopic (exact) mass is 349 g/mol. The molecular weight excluding hydrogens is 329 g/mol. The lowest BCUT2D eigenvalue weighted by molar-refractivity contribution is -0.115. The van der Waals surface area contributed by atoms with Gasteiger partial charge in [0.25, 0.3) is 0 Å². The fourth-order valence-corrected chi connectivity index (χ4v) is 3.88. The van der Waals surface area contributed by atoms with Gasteiger partial charge in [-0.3, -0.25) is 14.6 Å². The van der Waals surface area contributed by atoms with E-state index in [1.54, 1.807) is 12.1 Å². The Morgan fingerprint density at radius 1 is 1.46 bits per heavy atom. The second kappa shape index (κ2) is 7.38. The fourth-order valence-electron chi connectivity index (χ4n) is 3.01. The van der Waals surface area contributed by atoms with E-state index in [2.05, 4.69) is 9.88 Å². The lowest BCUT2D eigenvalue weighted by Crippen LogP contribution is -2.31. The molecule has 0 saturated carbocycles. The van der Waals surface area contributed by atoms with Crippen molar-refractivity contribution >= 4 is 28.1 Å². The van der Waals surface area contributed by atoms with E-state index >= 15 is 0 Å². The van der Waals surface area contributed by atoms with E-state index in [-0.39, 0.29) is 24.4 Å². The van der Waals surface area contributed by atoms with Crippen LogP contribution in [-0.4, -0.2) is 40.1 Å². The van der Waals surface area contributed by atoms with Gasteiger partial charge in [-0.25, -0.2) is 9.37 Å². The number of hydrogen-bond acceptors (Lipinski definition) is 5. The second-order valence-electron chi connectivity index (χ2n) is 5.90. The average Bonchev–Trinajstić information content (AvgIpc) is 3.19. The summed E-state index contributed by atoms with van der Waals surface area (Å²) in [5, 5.41) is 11.9. The molecular formula is C17H20FN3O2S. The summed E-state index contributed by atoms with van der Waals surface area (Å²) in [6.45, 7) is 3.24. The number of carbonyl (C=O) groups excluding carboxylic acids is 1. The molecule has 0 spiro atoms. The Morgan fingerprint density at radius 3 is 2.88 bits per heavy atom. The van der Waals surface area contributed by atoms with Gasteiger partial charge in [0.15, 0.2) is 5.13 Å². The predicted octanol–water partition coefficient (Wildman–Crippen LogP) is 2.92. The summed E-state index contributed by atoms with van der Waals surface area (Å²) in [4.78, 5) is 20.3. The molecule has 24 heavy (non-hydrogen) atoms. The molecule has 0 unspecified atom stereocenters. The number of aliphatic hydroxyl groups is 1. The van der Waals surface area contributed by atoms with Crippen LogP contribution in [0, 0.1) is 5.82 Å². The maximum absolute atomic E-state index is 13.1. The Kier molecular flexibility index (Phi) is 5.23. The molecule has 1 aromatic heterocycles. The number of amides is 1. The fraction of sp³-hybridized carbons (Fsp3) is 0.412. The van der Waals surface area contributed by atoms with Crippen LogP contribution >= 0.6 is 11.3 Å². The Bertz CT molecular complexity index is 704. The third-order valence-electron chi connectivity index (χ3n) is 4.21. The molecule has 0 radical (unpaired) electrons. The van der Waals surface area contributed by atoms with Crippen LogP contribution in [0.5, 0.6) is 0 Å². The summed E-state index contributed by atoms with van der Waals surface area (Å²) in [5.41, 5.74) is 1.47. The minimum atomic E-state index is -0.342. The maximum Gasteiger partial charge on any atom is 0.230 e. The molecule has 128 valence electrons. The molecule has 1 aromatic carbocycles. The van der Waals surface area contributed by atoms with Gasteiger partial charge >= 0.3 is 0 Å². The molecule has 0 aliphatic carbocycles. The van der Waals surface area contributed by atoms with Crippen LogP contribution in [-0.2, 0) is 11.3 Å². The molecule has 5 nitrogen and oxygen atoms in total. The highest BCUT2D eigenvalue weighted by Crippen LogP contribution is 2.30. The summed E-state index contributed by atoms with van der Waals surface area (Å²) in [6, 6.07) is 5.99. The molecule has 2 heterocycles. The van der Waals surface area contributed by atoms with Gasteiger partial charge in [-0.1, -0.05) is 0 Å². The zero-order valence-electron chi connectivity index (χ0n) is 13.5. The second-order valence-corrected chi connectivity index (χ2v) is 6.74. The Hall–Kier alpha value is -1.83. The highest BCUT2D eigenvalue weighted by atomic mass is 32.1. The van der Waals surface area contributed by atoms with E-state index in [0.717, 1.165) is 25.1 Å². The third kappa shape index (κ3) is 3.63. The van der Waals surface area contributed by atoms with Crippen LogP contribution in [0.2, 0.25) is 0 Å². The lowest BCUT2D eigenvalue weighted by Gasteiger charge is -2.21. The van der Waals surface area contributed by atoms with Crippen molar-refractivity contribution in [1.29, 1.82) is 0 Å². The number of aromatic nitrogens is 1. The number of hydrogen-bond donors (Lipinski definition) is 1. The van der Waals surface area contributed by atoms with Gasteiger partial charge in [-0.15, -0.1) is 11.3 Å². The molecule has 1 fully saturated rings. The first-order valence-electron chi connectivity index (χ1n) is 7.94. The third-order valence-corrected chi connectivity index (χ3v) is 5.08. The molecule has 1 N–H and O–H groups in total. The van der Waals surface area contributed by atoms with Gasteiger partial charge in [-0.05, 0) is 43.7 Å². The number of anilines is 2. The Morgan fingerprint density at radius 2 is 2.21 bits per heavy atom. The SMILES string of the molecule is CC(=O)N(c1ccc(F)cc1)c1nc(CN2CCC[C@@H]2CO)cs1. The summed E-state index contributed by atoms with van der Waals surface area (Å²) < 4.78 is 13.1. The van der Waals surface area contributed by atoms with Crippen LogP contribution < -0.4 is 4.90 Å². The number of carbonyl (C=O) groups is 1. The van der Waals surface area contributed by atoms with E-state index < -0.39 is 0 Å². The lowest BCUT2D eigenvalue weighted by atomic mass is 10.2. The molecule has 0 bridgehead atoms.